The maximum Gasteiger partial charge on any atom is 0.105 e. The SMILES string of the molecule is CC(O)(CC(=N)[O-])CC(C)(O)C(O)CO. The van der Waals surface area contributed by atoms with Gasteiger partial charge < -0.3 is 30.9 Å². The first-order chi connectivity index (χ1) is 6.60. The average molecular weight is 220 g/mol. The Morgan fingerprint density at radius 2 is 1.87 bits per heavy atom. The maximum atomic E-state index is 10.5. The molecule has 0 aliphatic rings. The van der Waals surface area contributed by atoms with Crippen molar-refractivity contribution in [3.63, 3.8) is 0 Å². The predicted molar refractivity (Wildman–Crippen MR) is 51.3 cm³/mol. The van der Waals surface area contributed by atoms with Crippen molar-refractivity contribution >= 4 is 5.90 Å². The second kappa shape index (κ2) is 4.89. The molecule has 0 saturated carbocycles. The second-order valence-corrected chi connectivity index (χ2v) is 4.33. The smallest absolute Gasteiger partial charge is 0.105 e. The van der Waals surface area contributed by atoms with Crippen LogP contribution in [0.5, 0.6) is 0 Å². The van der Waals surface area contributed by atoms with Crippen molar-refractivity contribution < 1.29 is 25.5 Å². The van der Waals surface area contributed by atoms with Gasteiger partial charge in [-0.25, -0.2) is 0 Å². The van der Waals surface area contributed by atoms with E-state index < -0.39 is 36.2 Å². The molecular weight excluding hydrogens is 202 g/mol. The summed E-state index contributed by atoms with van der Waals surface area (Å²) in [4.78, 5) is 0. The molecule has 0 heterocycles. The Kier molecular flexibility index (Phi) is 4.66. The van der Waals surface area contributed by atoms with E-state index in [4.69, 9.17) is 10.5 Å². The van der Waals surface area contributed by atoms with Gasteiger partial charge in [-0.3, -0.25) is 0 Å². The zero-order valence-electron chi connectivity index (χ0n) is 8.90. The molecule has 0 aromatic rings. The van der Waals surface area contributed by atoms with Crippen LogP contribution in [0.1, 0.15) is 26.7 Å². The Morgan fingerprint density at radius 3 is 2.20 bits per heavy atom. The second-order valence-electron chi connectivity index (χ2n) is 4.33. The van der Waals surface area contributed by atoms with Crippen LogP contribution in [-0.4, -0.2) is 50.2 Å². The third-order valence-electron chi connectivity index (χ3n) is 2.17. The molecule has 6 nitrogen and oxygen atoms in total. The summed E-state index contributed by atoms with van der Waals surface area (Å²) < 4.78 is 0. The molecule has 5 N–H and O–H groups in total. The topological polar surface area (TPSA) is 128 Å². The van der Waals surface area contributed by atoms with Crippen LogP contribution >= 0.6 is 0 Å². The van der Waals surface area contributed by atoms with Crippen molar-refractivity contribution in [2.45, 2.75) is 44.0 Å². The van der Waals surface area contributed by atoms with Crippen molar-refractivity contribution in [3.05, 3.63) is 0 Å². The highest BCUT2D eigenvalue weighted by atomic mass is 16.4. The Labute approximate surface area is 88.3 Å². The standard InChI is InChI=1S/C9H19NO5/c1-8(14,3-7(10)13)5-9(2,15)6(12)4-11/h6,11-12,14-15H,3-5H2,1-2H3,(H2,10,13)/p-1. The number of hydrogen-bond donors (Lipinski definition) is 5. The summed E-state index contributed by atoms with van der Waals surface area (Å²) in [6, 6.07) is 0. The quantitative estimate of drug-likeness (QED) is 0.260. The number of nitrogens with one attached hydrogen (secondary N) is 1. The molecule has 0 saturated heterocycles. The molecule has 0 fully saturated rings. The average Bonchev–Trinajstić information content (AvgIpc) is 1.97. The van der Waals surface area contributed by atoms with Crippen molar-refractivity contribution in [2.24, 2.45) is 0 Å². The van der Waals surface area contributed by atoms with E-state index in [1.807, 2.05) is 0 Å². The summed E-state index contributed by atoms with van der Waals surface area (Å²) in [7, 11) is 0. The van der Waals surface area contributed by atoms with Gasteiger partial charge >= 0.3 is 0 Å². The molecule has 0 aliphatic carbocycles. The Hall–Kier alpha value is -0.690. The van der Waals surface area contributed by atoms with Gasteiger partial charge in [0.1, 0.15) is 6.10 Å². The molecule has 0 radical (unpaired) electrons. The van der Waals surface area contributed by atoms with Gasteiger partial charge in [-0.2, -0.15) is 0 Å². The van der Waals surface area contributed by atoms with Gasteiger partial charge in [0.05, 0.1) is 17.8 Å². The van der Waals surface area contributed by atoms with Gasteiger partial charge in [0.15, 0.2) is 0 Å². The van der Waals surface area contributed by atoms with Crippen LogP contribution in [0.4, 0.5) is 0 Å². The van der Waals surface area contributed by atoms with E-state index in [2.05, 4.69) is 0 Å². The maximum absolute atomic E-state index is 10.5. The molecule has 15 heavy (non-hydrogen) atoms. The van der Waals surface area contributed by atoms with Crippen LogP contribution in [0.3, 0.4) is 0 Å². The molecule has 6 heteroatoms. The Balaban J connectivity index is 4.49. The lowest BCUT2D eigenvalue weighted by Crippen LogP contribution is -2.48. The molecule has 0 rings (SSSR count). The zero-order chi connectivity index (χ0) is 12.3. The van der Waals surface area contributed by atoms with Gasteiger partial charge in [0.2, 0.25) is 0 Å². The van der Waals surface area contributed by atoms with Crippen molar-refractivity contribution in [3.8, 4) is 0 Å². The highest BCUT2D eigenvalue weighted by molar-refractivity contribution is 5.68. The molecule has 0 aromatic heterocycles. The first-order valence-corrected chi connectivity index (χ1v) is 4.59. The summed E-state index contributed by atoms with van der Waals surface area (Å²) in [5, 5.41) is 54.5. The third-order valence-corrected chi connectivity index (χ3v) is 2.17. The molecule has 3 unspecified atom stereocenters. The fourth-order valence-corrected chi connectivity index (χ4v) is 1.49. The molecule has 0 amide bonds. The molecule has 0 aliphatic heterocycles. The molecule has 0 aromatic carbocycles. The fourth-order valence-electron chi connectivity index (χ4n) is 1.49. The van der Waals surface area contributed by atoms with E-state index >= 15 is 0 Å². The van der Waals surface area contributed by atoms with Crippen molar-refractivity contribution in [1.29, 1.82) is 5.41 Å². The predicted octanol–water partition coefficient (Wildman–Crippen LogP) is -2.04. The van der Waals surface area contributed by atoms with Crippen LogP contribution in [0, 0.1) is 5.41 Å². The van der Waals surface area contributed by atoms with Gasteiger partial charge in [-0.1, -0.05) is 0 Å². The normalized spacial score (nSPS) is 21.5. The lowest BCUT2D eigenvalue weighted by molar-refractivity contribution is -0.226. The largest absolute Gasteiger partial charge is 0.862 e. The number of rotatable bonds is 6. The molecule has 90 valence electrons. The van der Waals surface area contributed by atoms with E-state index in [9.17, 15) is 20.4 Å². The minimum Gasteiger partial charge on any atom is -0.862 e. The van der Waals surface area contributed by atoms with E-state index in [0.717, 1.165) is 0 Å². The van der Waals surface area contributed by atoms with Crippen LogP contribution in [0.2, 0.25) is 0 Å². The van der Waals surface area contributed by atoms with Crippen LogP contribution in [0.15, 0.2) is 0 Å². The number of aliphatic hydroxyl groups excluding tert-OH is 2. The van der Waals surface area contributed by atoms with Crippen LogP contribution < -0.4 is 5.11 Å². The molecular formula is C9H18NO5-. The van der Waals surface area contributed by atoms with Gasteiger partial charge in [-0.15, -0.1) is 0 Å². The van der Waals surface area contributed by atoms with Gasteiger partial charge in [-0.05, 0) is 19.7 Å². The third kappa shape index (κ3) is 5.08. The van der Waals surface area contributed by atoms with E-state index in [-0.39, 0.29) is 6.42 Å². The summed E-state index contributed by atoms with van der Waals surface area (Å²) >= 11 is 0. The minimum absolute atomic E-state index is 0.299. The van der Waals surface area contributed by atoms with Crippen LogP contribution in [-0.2, 0) is 0 Å². The lowest BCUT2D eigenvalue weighted by Gasteiger charge is -2.36. The van der Waals surface area contributed by atoms with Crippen LogP contribution in [0.25, 0.3) is 0 Å². The fraction of sp³-hybridized carbons (Fsp3) is 0.889. The lowest BCUT2D eigenvalue weighted by atomic mass is 9.84. The summed E-state index contributed by atoms with van der Waals surface area (Å²) in [5.74, 6) is -0.950. The van der Waals surface area contributed by atoms with Crippen molar-refractivity contribution in [2.75, 3.05) is 6.61 Å². The van der Waals surface area contributed by atoms with E-state index in [0.29, 0.717) is 0 Å². The first kappa shape index (κ1) is 14.3. The first-order valence-electron chi connectivity index (χ1n) is 4.59. The van der Waals surface area contributed by atoms with E-state index in [1.54, 1.807) is 0 Å². The molecule has 0 spiro atoms. The summed E-state index contributed by atoms with van der Waals surface area (Å²) in [6.07, 6.45) is -2.13. The number of aliphatic hydroxyl groups is 4. The Bertz CT molecular complexity index is 227. The summed E-state index contributed by atoms with van der Waals surface area (Å²) in [5.41, 5.74) is -3.27. The summed E-state index contributed by atoms with van der Waals surface area (Å²) in [6.45, 7) is 1.90. The van der Waals surface area contributed by atoms with Crippen molar-refractivity contribution in [1.82, 2.24) is 0 Å². The van der Waals surface area contributed by atoms with E-state index in [1.165, 1.54) is 13.8 Å². The van der Waals surface area contributed by atoms with Gasteiger partial charge in [0.25, 0.3) is 0 Å². The Morgan fingerprint density at radius 1 is 1.40 bits per heavy atom. The highest BCUT2D eigenvalue weighted by Gasteiger charge is 2.37. The number of hydrogen-bond acceptors (Lipinski definition) is 6. The van der Waals surface area contributed by atoms with Gasteiger partial charge in [0, 0.05) is 12.8 Å². The monoisotopic (exact) mass is 220 g/mol. The molecule has 3 atom stereocenters. The zero-order valence-corrected chi connectivity index (χ0v) is 8.90. The molecule has 0 bridgehead atoms. The highest BCUT2D eigenvalue weighted by Crippen LogP contribution is 2.25. The minimum atomic E-state index is -1.70.